The molecule has 0 fully saturated rings. The summed E-state index contributed by atoms with van der Waals surface area (Å²) in [5.41, 5.74) is 5.52. The van der Waals surface area contributed by atoms with Crippen LogP contribution in [0.3, 0.4) is 0 Å². The fourth-order valence-corrected chi connectivity index (χ4v) is 4.07. The van der Waals surface area contributed by atoms with E-state index < -0.39 is 0 Å². The monoisotopic (exact) mass is 550 g/mol. The first-order valence-electron chi connectivity index (χ1n) is 10.0. The molecule has 0 radical (unpaired) electrons. The predicted octanol–water partition coefficient (Wildman–Crippen LogP) is 6.64. The number of hydrazone groups is 1. The average Bonchev–Trinajstić information content (AvgIpc) is 2.80. The molecular formula is C26H20Br2N2O2. The first-order valence-corrected chi connectivity index (χ1v) is 11.6. The van der Waals surface area contributed by atoms with E-state index in [4.69, 9.17) is 4.74 Å². The highest BCUT2D eigenvalue weighted by atomic mass is 79.9. The largest absolute Gasteiger partial charge is 0.488 e. The number of hydrogen-bond acceptors (Lipinski definition) is 3. The summed E-state index contributed by atoms with van der Waals surface area (Å²) in [6.45, 7) is 0.476. The van der Waals surface area contributed by atoms with Crippen LogP contribution in [0.4, 0.5) is 0 Å². The standard InChI is InChI=1S/C26H20Br2N2O2/c27-22-11-8-18(9-12-22)17-32-25-13-10-19(14-24(25)28)16-29-30-26(31)15-21-6-3-5-20-4-1-2-7-23(20)21/h1-14,16H,15,17H2,(H,30,31)/b29-16-. The molecule has 4 aromatic carbocycles. The van der Waals surface area contributed by atoms with E-state index in [0.29, 0.717) is 6.61 Å². The maximum absolute atomic E-state index is 12.4. The number of nitrogens with one attached hydrogen (secondary N) is 1. The maximum Gasteiger partial charge on any atom is 0.244 e. The van der Waals surface area contributed by atoms with Crippen molar-refractivity contribution in [3.63, 3.8) is 0 Å². The zero-order chi connectivity index (χ0) is 22.3. The number of amides is 1. The number of rotatable bonds is 7. The van der Waals surface area contributed by atoms with Gasteiger partial charge in [0.05, 0.1) is 17.1 Å². The smallest absolute Gasteiger partial charge is 0.244 e. The van der Waals surface area contributed by atoms with Crippen LogP contribution in [0.25, 0.3) is 10.8 Å². The summed E-state index contributed by atoms with van der Waals surface area (Å²) in [6.07, 6.45) is 1.88. The van der Waals surface area contributed by atoms with Crippen LogP contribution < -0.4 is 10.2 Å². The molecule has 0 atom stereocenters. The third kappa shape index (κ3) is 5.84. The number of fused-ring (bicyclic) bond motifs is 1. The zero-order valence-corrected chi connectivity index (χ0v) is 20.3. The third-order valence-electron chi connectivity index (χ3n) is 4.90. The Morgan fingerprint density at radius 1 is 0.938 bits per heavy atom. The number of carbonyl (C=O) groups is 1. The van der Waals surface area contributed by atoms with Crippen LogP contribution in [0, 0.1) is 0 Å². The van der Waals surface area contributed by atoms with Gasteiger partial charge in [-0.05, 0) is 73.7 Å². The molecule has 0 bridgehead atoms. The van der Waals surface area contributed by atoms with E-state index in [0.717, 1.165) is 42.2 Å². The van der Waals surface area contributed by atoms with Crippen molar-refractivity contribution >= 4 is 54.8 Å². The zero-order valence-electron chi connectivity index (χ0n) is 17.1. The van der Waals surface area contributed by atoms with Crippen LogP contribution >= 0.6 is 31.9 Å². The Bertz CT molecular complexity index is 1270. The summed E-state index contributed by atoms with van der Waals surface area (Å²) in [7, 11) is 0. The van der Waals surface area contributed by atoms with Gasteiger partial charge in [-0.2, -0.15) is 5.10 Å². The molecule has 0 aromatic heterocycles. The molecule has 0 spiro atoms. The van der Waals surface area contributed by atoms with Gasteiger partial charge in [0.2, 0.25) is 5.91 Å². The van der Waals surface area contributed by atoms with Crippen LogP contribution in [0.2, 0.25) is 0 Å². The fraction of sp³-hybridized carbons (Fsp3) is 0.0769. The summed E-state index contributed by atoms with van der Waals surface area (Å²) < 4.78 is 7.74. The topological polar surface area (TPSA) is 50.7 Å². The van der Waals surface area contributed by atoms with Crippen molar-refractivity contribution in [3.8, 4) is 5.75 Å². The second-order valence-corrected chi connectivity index (χ2v) is 8.98. The van der Waals surface area contributed by atoms with Gasteiger partial charge in [0.1, 0.15) is 12.4 Å². The van der Waals surface area contributed by atoms with Crippen molar-refractivity contribution in [2.45, 2.75) is 13.0 Å². The molecule has 0 aliphatic heterocycles. The molecule has 0 heterocycles. The Morgan fingerprint density at radius 3 is 2.53 bits per heavy atom. The van der Waals surface area contributed by atoms with E-state index >= 15 is 0 Å². The molecule has 160 valence electrons. The molecule has 1 N–H and O–H groups in total. The molecule has 0 saturated carbocycles. The van der Waals surface area contributed by atoms with E-state index in [1.165, 1.54) is 0 Å². The molecule has 4 rings (SSSR count). The average molecular weight is 552 g/mol. The van der Waals surface area contributed by atoms with Crippen LogP contribution in [0.5, 0.6) is 5.75 Å². The van der Waals surface area contributed by atoms with Gasteiger partial charge >= 0.3 is 0 Å². The number of carbonyl (C=O) groups excluding carboxylic acids is 1. The Kier molecular flexibility index (Phi) is 7.35. The van der Waals surface area contributed by atoms with E-state index in [9.17, 15) is 4.79 Å². The Hall–Kier alpha value is -2.96. The van der Waals surface area contributed by atoms with Gasteiger partial charge in [-0.1, -0.05) is 70.5 Å². The maximum atomic E-state index is 12.4. The highest BCUT2D eigenvalue weighted by molar-refractivity contribution is 9.10. The van der Waals surface area contributed by atoms with Crippen molar-refractivity contribution in [1.29, 1.82) is 0 Å². The van der Waals surface area contributed by atoms with Crippen LogP contribution in [0.15, 0.2) is 99.0 Å². The van der Waals surface area contributed by atoms with Gasteiger partial charge in [0.25, 0.3) is 0 Å². The minimum absolute atomic E-state index is 0.161. The number of benzene rings is 4. The molecule has 32 heavy (non-hydrogen) atoms. The van der Waals surface area contributed by atoms with Gasteiger partial charge in [-0.25, -0.2) is 5.43 Å². The van der Waals surface area contributed by atoms with Gasteiger partial charge < -0.3 is 4.74 Å². The number of halogens is 2. The molecular weight excluding hydrogens is 532 g/mol. The minimum atomic E-state index is -0.161. The molecule has 4 nitrogen and oxygen atoms in total. The van der Waals surface area contributed by atoms with Gasteiger partial charge in [-0.15, -0.1) is 0 Å². The van der Waals surface area contributed by atoms with Crippen LogP contribution in [0.1, 0.15) is 16.7 Å². The lowest BCUT2D eigenvalue weighted by molar-refractivity contribution is -0.120. The quantitative estimate of drug-likeness (QED) is 0.207. The second-order valence-electron chi connectivity index (χ2n) is 7.21. The van der Waals surface area contributed by atoms with Crippen molar-refractivity contribution in [2.24, 2.45) is 5.10 Å². The van der Waals surface area contributed by atoms with E-state index in [2.05, 4.69) is 42.4 Å². The number of nitrogens with zero attached hydrogens (tertiary/aromatic N) is 1. The molecule has 1 amide bonds. The normalized spacial score (nSPS) is 11.1. The third-order valence-corrected chi connectivity index (χ3v) is 6.05. The molecule has 0 aliphatic carbocycles. The summed E-state index contributed by atoms with van der Waals surface area (Å²) in [5.74, 6) is 0.580. The lowest BCUT2D eigenvalue weighted by Crippen LogP contribution is -2.19. The van der Waals surface area contributed by atoms with Crippen molar-refractivity contribution in [1.82, 2.24) is 5.43 Å². The van der Waals surface area contributed by atoms with Crippen molar-refractivity contribution < 1.29 is 9.53 Å². The van der Waals surface area contributed by atoms with E-state index in [1.54, 1.807) is 6.21 Å². The number of ether oxygens (including phenoxy) is 1. The van der Waals surface area contributed by atoms with Crippen LogP contribution in [-0.4, -0.2) is 12.1 Å². The summed E-state index contributed by atoms with van der Waals surface area (Å²) in [4.78, 5) is 12.4. The summed E-state index contributed by atoms with van der Waals surface area (Å²) in [5, 5.41) is 6.30. The first-order chi connectivity index (χ1) is 15.6. The van der Waals surface area contributed by atoms with Crippen LogP contribution in [-0.2, 0) is 17.8 Å². The lowest BCUT2D eigenvalue weighted by atomic mass is 10.0. The second kappa shape index (κ2) is 10.6. The predicted molar refractivity (Wildman–Crippen MR) is 136 cm³/mol. The lowest BCUT2D eigenvalue weighted by Gasteiger charge is -2.09. The highest BCUT2D eigenvalue weighted by Crippen LogP contribution is 2.26. The van der Waals surface area contributed by atoms with Gasteiger partial charge in [0.15, 0.2) is 0 Å². The highest BCUT2D eigenvalue weighted by Gasteiger charge is 2.06. The summed E-state index contributed by atoms with van der Waals surface area (Å²) in [6, 6.07) is 27.7. The molecule has 0 aliphatic rings. The van der Waals surface area contributed by atoms with E-state index in [-0.39, 0.29) is 12.3 Å². The van der Waals surface area contributed by atoms with Crippen molar-refractivity contribution in [2.75, 3.05) is 0 Å². The molecule has 0 unspecified atom stereocenters. The molecule has 0 saturated heterocycles. The fourth-order valence-electron chi connectivity index (χ4n) is 3.29. The molecule has 6 heteroatoms. The van der Waals surface area contributed by atoms with E-state index in [1.807, 2.05) is 84.9 Å². The Labute approximate surface area is 203 Å². The first kappa shape index (κ1) is 22.2. The SMILES string of the molecule is O=C(Cc1cccc2ccccc12)N/N=C\c1ccc(OCc2ccc(Br)cc2)c(Br)c1. The summed E-state index contributed by atoms with van der Waals surface area (Å²) >= 11 is 6.97. The van der Waals surface area contributed by atoms with Crippen molar-refractivity contribution in [3.05, 3.63) is 111 Å². The minimum Gasteiger partial charge on any atom is -0.488 e. The molecule has 4 aromatic rings. The van der Waals surface area contributed by atoms with Gasteiger partial charge in [0, 0.05) is 4.47 Å². The Balaban J connectivity index is 1.33. The number of hydrogen-bond donors (Lipinski definition) is 1. The Morgan fingerprint density at radius 2 is 1.72 bits per heavy atom. The van der Waals surface area contributed by atoms with Gasteiger partial charge in [-0.3, -0.25) is 4.79 Å².